The van der Waals surface area contributed by atoms with Crippen molar-refractivity contribution in [2.24, 2.45) is 11.8 Å². The maximum atomic E-state index is 12.4. The zero-order chi connectivity index (χ0) is 16.6. The smallest absolute Gasteiger partial charge is 0.241 e. The average Bonchev–Trinajstić information content (AvgIpc) is 3.02. The zero-order valence-corrected chi connectivity index (χ0v) is 13.9. The normalized spacial score (nSPS) is 20.6. The summed E-state index contributed by atoms with van der Waals surface area (Å²) < 4.78 is 24.9. The van der Waals surface area contributed by atoms with Gasteiger partial charge in [0.2, 0.25) is 12.3 Å². The SMILES string of the molecule is Cc1nc(CO)sc1-c1csc(NC(=O)[C@H]2C[C@H](C(F)F)C2)n1. The number of anilines is 1. The summed E-state index contributed by atoms with van der Waals surface area (Å²) >= 11 is 2.64. The summed E-state index contributed by atoms with van der Waals surface area (Å²) in [5.74, 6) is -1.26. The molecule has 1 amide bonds. The van der Waals surface area contributed by atoms with Gasteiger partial charge in [-0.15, -0.1) is 22.7 Å². The Morgan fingerprint density at radius 2 is 2.22 bits per heavy atom. The molecule has 23 heavy (non-hydrogen) atoms. The van der Waals surface area contributed by atoms with Crippen molar-refractivity contribution in [3.63, 3.8) is 0 Å². The number of carbonyl (C=O) groups excluding carboxylic acids is 1. The second-order valence-corrected chi connectivity index (χ2v) is 7.41. The third-order valence-corrected chi connectivity index (χ3v) is 5.77. The minimum atomic E-state index is -2.35. The molecule has 2 aromatic rings. The van der Waals surface area contributed by atoms with Gasteiger partial charge in [0.1, 0.15) is 5.01 Å². The molecule has 1 aliphatic carbocycles. The van der Waals surface area contributed by atoms with Crippen LogP contribution in [0.3, 0.4) is 0 Å². The van der Waals surface area contributed by atoms with E-state index in [0.29, 0.717) is 15.8 Å². The number of thiazole rings is 2. The van der Waals surface area contributed by atoms with E-state index in [2.05, 4.69) is 15.3 Å². The molecule has 0 bridgehead atoms. The van der Waals surface area contributed by atoms with E-state index in [0.717, 1.165) is 10.6 Å². The van der Waals surface area contributed by atoms with Crippen LogP contribution in [-0.4, -0.2) is 27.4 Å². The number of aromatic nitrogens is 2. The standard InChI is InChI=1S/C14H15F2N3O2S2/c1-6-11(23-10(4-20)17-6)9-5-22-14(18-9)19-13(21)8-2-7(3-8)12(15)16/h5,7-8,12,20H,2-4H2,1H3,(H,18,19,21)/t7-,8-. The minimum Gasteiger partial charge on any atom is -0.389 e. The fourth-order valence-corrected chi connectivity index (χ4v) is 4.15. The number of amides is 1. The Morgan fingerprint density at radius 1 is 1.48 bits per heavy atom. The number of aliphatic hydroxyl groups is 1. The highest BCUT2D eigenvalue weighted by molar-refractivity contribution is 7.17. The van der Waals surface area contributed by atoms with E-state index in [1.807, 2.05) is 6.92 Å². The Morgan fingerprint density at radius 3 is 2.83 bits per heavy atom. The van der Waals surface area contributed by atoms with Gasteiger partial charge in [-0.3, -0.25) is 4.79 Å². The Balaban J connectivity index is 1.63. The van der Waals surface area contributed by atoms with E-state index in [9.17, 15) is 13.6 Å². The molecule has 0 atom stereocenters. The molecule has 0 unspecified atom stereocenters. The first-order valence-electron chi connectivity index (χ1n) is 7.10. The third-order valence-electron chi connectivity index (χ3n) is 3.84. The van der Waals surface area contributed by atoms with Crippen molar-refractivity contribution in [2.75, 3.05) is 5.32 Å². The molecule has 1 fully saturated rings. The van der Waals surface area contributed by atoms with E-state index in [4.69, 9.17) is 5.11 Å². The number of hydrogen-bond acceptors (Lipinski definition) is 6. The van der Waals surface area contributed by atoms with E-state index in [-0.39, 0.29) is 31.3 Å². The summed E-state index contributed by atoms with van der Waals surface area (Å²) in [6.07, 6.45) is -1.88. The van der Waals surface area contributed by atoms with Crippen molar-refractivity contribution in [3.05, 3.63) is 16.1 Å². The minimum absolute atomic E-state index is 0.119. The summed E-state index contributed by atoms with van der Waals surface area (Å²) in [4.78, 5) is 21.4. The molecule has 0 aliphatic heterocycles. The monoisotopic (exact) mass is 359 g/mol. The first-order valence-corrected chi connectivity index (χ1v) is 8.79. The van der Waals surface area contributed by atoms with Crippen molar-refractivity contribution in [2.45, 2.75) is 32.8 Å². The van der Waals surface area contributed by atoms with Crippen LogP contribution in [0, 0.1) is 18.8 Å². The Labute approximate surface area is 139 Å². The van der Waals surface area contributed by atoms with Gasteiger partial charge in [0.25, 0.3) is 0 Å². The van der Waals surface area contributed by atoms with Crippen LogP contribution < -0.4 is 5.32 Å². The lowest BCUT2D eigenvalue weighted by Crippen LogP contribution is -2.37. The number of halogens is 2. The quantitative estimate of drug-likeness (QED) is 0.859. The van der Waals surface area contributed by atoms with Gasteiger partial charge in [0.15, 0.2) is 5.13 Å². The van der Waals surface area contributed by atoms with Crippen molar-refractivity contribution < 1.29 is 18.7 Å². The van der Waals surface area contributed by atoms with Crippen molar-refractivity contribution in [1.29, 1.82) is 0 Å². The molecule has 5 nitrogen and oxygen atoms in total. The fraction of sp³-hybridized carbons (Fsp3) is 0.500. The molecule has 0 aromatic carbocycles. The van der Waals surface area contributed by atoms with Gasteiger partial charge in [0, 0.05) is 17.2 Å². The molecule has 2 aromatic heterocycles. The molecule has 0 saturated heterocycles. The summed E-state index contributed by atoms with van der Waals surface area (Å²) in [6.45, 7) is 1.72. The van der Waals surface area contributed by atoms with Crippen LogP contribution in [0.4, 0.5) is 13.9 Å². The first-order chi connectivity index (χ1) is 11.0. The van der Waals surface area contributed by atoms with Crippen LogP contribution in [0.2, 0.25) is 0 Å². The van der Waals surface area contributed by atoms with Crippen LogP contribution in [-0.2, 0) is 11.4 Å². The lowest BCUT2D eigenvalue weighted by Gasteiger charge is -2.33. The highest BCUT2D eigenvalue weighted by Gasteiger charge is 2.39. The number of nitrogens with one attached hydrogen (secondary N) is 1. The second kappa shape index (κ2) is 6.58. The first kappa shape index (κ1) is 16.4. The lowest BCUT2D eigenvalue weighted by atomic mass is 9.74. The van der Waals surface area contributed by atoms with Gasteiger partial charge < -0.3 is 10.4 Å². The number of hydrogen-bond donors (Lipinski definition) is 2. The van der Waals surface area contributed by atoms with Crippen LogP contribution >= 0.6 is 22.7 Å². The van der Waals surface area contributed by atoms with E-state index < -0.39 is 12.3 Å². The topological polar surface area (TPSA) is 75.1 Å². The molecule has 2 N–H and O–H groups in total. The van der Waals surface area contributed by atoms with Crippen LogP contribution in [0.15, 0.2) is 5.38 Å². The Hall–Kier alpha value is -1.45. The van der Waals surface area contributed by atoms with Crippen LogP contribution in [0.5, 0.6) is 0 Å². The highest BCUT2D eigenvalue weighted by Crippen LogP contribution is 2.39. The summed E-state index contributed by atoms with van der Waals surface area (Å²) in [5, 5.41) is 14.7. The van der Waals surface area contributed by atoms with Gasteiger partial charge in [-0.05, 0) is 19.8 Å². The molecule has 124 valence electrons. The summed E-state index contributed by atoms with van der Waals surface area (Å²) in [7, 11) is 0. The highest BCUT2D eigenvalue weighted by atomic mass is 32.1. The number of nitrogens with zero attached hydrogens (tertiary/aromatic N) is 2. The van der Waals surface area contributed by atoms with Crippen LogP contribution in [0.1, 0.15) is 23.5 Å². The lowest BCUT2D eigenvalue weighted by molar-refractivity contribution is -0.126. The molecule has 3 rings (SSSR count). The predicted octanol–water partition coefficient (Wildman–Crippen LogP) is 3.30. The Bertz CT molecular complexity index is 711. The van der Waals surface area contributed by atoms with Gasteiger partial charge in [-0.1, -0.05) is 0 Å². The van der Waals surface area contributed by atoms with Crippen LogP contribution in [0.25, 0.3) is 10.6 Å². The maximum Gasteiger partial charge on any atom is 0.241 e. The van der Waals surface area contributed by atoms with Crippen molar-refractivity contribution in [3.8, 4) is 10.6 Å². The van der Waals surface area contributed by atoms with E-state index in [1.165, 1.54) is 22.7 Å². The van der Waals surface area contributed by atoms with E-state index >= 15 is 0 Å². The number of rotatable bonds is 5. The average molecular weight is 359 g/mol. The molecule has 1 aliphatic rings. The number of aryl methyl sites for hydroxylation is 1. The molecular formula is C14H15F2N3O2S2. The predicted molar refractivity (Wildman–Crippen MR) is 84.7 cm³/mol. The number of alkyl halides is 2. The van der Waals surface area contributed by atoms with Gasteiger partial charge >= 0.3 is 0 Å². The summed E-state index contributed by atoms with van der Waals surface area (Å²) in [5.41, 5.74) is 1.47. The number of aliphatic hydroxyl groups excluding tert-OH is 1. The van der Waals surface area contributed by atoms with Crippen molar-refractivity contribution in [1.82, 2.24) is 9.97 Å². The fourth-order valence-electron chi connectivity index (χ4n) is 2.48. The van der Waals surface area contributed by atoms with Gasteiger partial charge in [-0.2, -0.15) is 0 Å². The third kappa shape index (κ3) is 3.41. The maximum absolute atomic E-state index is 12.4. The molecule has 9 heteroatoms. The van der Waals surface area contributed by atoms with Gasteiger partial charge in [-0.25, -0.2) is 18.7 Å². The molecule has 2 heterocycles. The summed E-state index contributed by atoms with van der Waals surface area (Å²) in [6, 6.07) is 0. The molecule has 1 saturated carbocycles. The molecule has 0 radical (unpaired) electrons. The zero-order valence-electron chi connectivity index (χ0n) is 12.3. The Kier molecular flexibility index (Phi) is 4.69. The van der Waals surface area contributed by atoms with Crippen molar-refractivity contribution >= 4 is 33.7 Å². The van der Waals surface area contributed by atoms with E-state index in [1.54, 1.807) is 5.38 Å². The number of carbonyl (C=O) groups is 1. The second-order valence-electron chi connectivity index (χ2n) is 5.47. The molecular weight excluding hydrogens is 344 g/mol. The molecule has 0 spiro atoms. The largest absolute Gasteiger partial charge is 0.389 e. The van der Waals surface area contributed by atoms with Gasteiger partial charge in [0.05, 0.1) is 22.9 Å².